The van der Waals surface area contributed by atoms with Crippen LogP contribution in [0.2, 0.25) is 0 Å². The monoisotopic (exact) mass is 249 g/mol. The van der Waals surface area contributed by atoms with Crippen LogP contribution in [0.1, 0.15) is 39.5 Å². The smallest absolute Gasteiger partial charge is 0.149 e. The summed E-state index contributed by atoms with van der Waals surface area (Å²) in [5, 5.41) is 3.46. The number of hydrogen-bond donors (Lipinski definition) is 2. The molecular weight excluding hydrogens is 226 g/mol. The van der Waals surface area contributed by atoms with Crippen molar-refractivity contribution in [1.29, 1.82) is 0 Å². The van der Waals surface area contributed by atoms with Gasteiger partial charge in [-0.15, -0.1) is 0 Å². The van der Waals surface area contributed by atoms with Gasteiger partial charge in [0.15, 0.2) is 0 Å². The maximum Gasteiger partial charge on any atom is 0.149 e. The lowest BCUT2D eigenvalue weighted by molar-refractivity contribution is -0.0864. The Morgan fingerprint density at radius 3 is 2.94 bits per heavy atom. The van der Waals surface area contributed by atoms with E-state index in [1.165, 1.54) is 0 Å². The van der Waals surface area contributed by atoms with Crippen molar-refractivity contribution in [2.24, 2.45) is 0 Å². The molecule has 1 aromatic heterocycles. The molecule has 1 atom stereocenters. The van der Waals surface area contributed by atoms with E-state index in [0.717, 1.165) is 38.1 Å². The highest BCUT2D eigenvalue weighted by Crippen LogP contribution is 2.33. The van der Waals surface area contributed by atoms with E-state index in [1.807, 2.05) is 12.1 Å². The molecule has 1 aliphatic rings. The maximum atomic E-state index is 5.97. The highest BCUT2D eigenvalue weighted by molar-refractivity contribution is 5.60. The number of rotatable bonds is 4. The number of ether oxygens (including phenoxy) is 1. The number of hydrogen-bond acceptors (Lipinski definition) is 4. The number of nitrogens with one attached hydrogen (secondary N) is 1. The lowest BCUT2D eigenvalue weighted by atomic mass is 9.86. The first-order valence-electron chi connectivity index (χ1n) is 6.80. The number of anilines is 2. The quantitative estimate of drug-likeness (QED) is 0.861. The summed E-state index contributed by atoms with van der Waals surface area (Å²) in [7, 11) is 0. The average Bonchev–Trinajstić information content (AvgIpc) is 2.41. The third kappa shape index (κ3) is 2.75. The van der Waals surface area contributed by atoms with Gasteiger partial charge < -0.3 is 15.8 Å². The third-order valence-electron chi connectivity index (χ3n) is 3.96. The molecule has 1 aromatic rings. The fourth-order valence-electron chi connectivity index (χ4n) is 2.63. The van der Waals surface area contributed by atoms with E-state index in [9.17, 15) is 0 Å². The Morgan fingerprint density at radius 2 is 2.28 bits per heavy atom. The molecule has 1 saturated heterocycles. The van der Waals surface area contributed by atoms with Crippen molar-refractivity contribution in [2.75, 3.05) is 17.7 Å². The van der Waals surface area contributed by atoms with Crippen molar-refractivity contribution >= 4 is 11.5 Å². The van der Waals surface area contributed by atoms with Gasteiger partial charge in [-0.2, -0.15) is 0 Å². The molecule has 1 fully saturated rings. The van der Waals surface area contributed by atoms with Crippen LogP contribution in [0.15, 0.2) is 18.3 Å². The highest BCUT2D eigenvalue weighted by Gasteiger charge is 2.34. The first-order valence-corrected chi connectivity index (χ1v) is 6.80. The van der Waals surface area contributed by atoms with Crippen molar-refractivity contribution in [2.45, 2.75) is 51.2 Å². The molecule has 0 bridgehead atoms. The first kappa shape index (κ1) is 13.1. The fraction of sp³-hybridized carbons (Fsp3) is 0.643. The minimum absolute atomic E-state index is 0.0272. The summed E-state index contributed by atoms with van der Waals surface area (Å²) in [4.78, 5) is 4.29. The number of pyridine rings is 1. The van der Waals surface area contributed by atoms with Crippen molar-refractivity contribution in [1.82, 2.24) is 4.98 Å². The Kier molecular flexibility index (Phi) is 4.07. The van der Waals surface area contributed by atoms with Gasteiger partial charge in [0.05, 0.1) is 11.3 Å². The van der Waals surface area contributed by atoms with Gasteiger partial charge in [-0.05, 0) is 37.8 Å². The topological polar surface area (TPSA) is 60.2 Å². The minimum Gasteiger partial charge on any atom is -0.396 e. The third-order valence-corrected chi connectivity index (χ3v) is 3.96. The fourth-order valence-corrected chi connectivity index (χ4v) is 2.63. The van der Waals surface area contributed by atoms with Crippen molar-refractivity contribution in [3.05, 3.63) is 18.3 Å². The Balaban J connectivity index is 2.04. The van der Waals surface area contributed by atoms with E-state index in [4.69, 9.17) is 10.5 Å². The molecule has 4 nitrogen and oxygen atoms in total. The van der Waals surface area contributed by atoms with Crippen LogP contribution in [-0.4, -0.2) is 23.2 Å². The van der Waals surface area contributed by atoms with E-state index >= 15 is 0 Å². The Morgan fingerprint density at radius 1 is 1.50 bits per heavy atom. The van der Waals surface area contributed by atoms with Crippen molar-refractivity contribution in [3.8, 4) is 0 Å². The van der Waals surface area contributed by atoms with Gasteiger partial charge in [-0.25, -0.2) is 4.98 Å². The van der Waals surface area contributed by atoms with Crippen molar-refractivity contribution in [3.63, 3.8) is 0 Å². The predicted molar refractivity (Wildman–Crippen MR) is 74.6 cm³/mol. The van der Waals surface area contributed by atoms with Crippen LogP contribution in [-0.2, 0) is 4.74 Å². The van der Waals surface area contributed by atoms with Crippen LogP contribution >= 0.6 is 0 Å². The first-order chi connectivity index (χ1) is 8.69. The van der Waals surface area contributed by atoms with Crippen molar-refractivity contribution < 1.29 is 4.74 Å². The lowest BCUT2D eigenvalue weighted by Gasteiger charge is -2.40. The van der Waals surface area contributed by atoms with E-state index in [1.54, 1.807) is 6.20 Å². The van der Waals surface area contributed by atoms with E-state index < -0.39 is 0 Å². The molecule has 1 aliphatic heterocycles. The average molecular weight is 249 g/mol. The predicted octanol–water partition coefficient (Wildman–Crippen LogP) is 2.81. The zero-order chi connectivity index (χ0) is 13.0. The Labute approximate surface area is 109 Å². The summed E-state index contributed by atoms with van der Waals surface area (Å²) in [5.74, 6) is 0.797. The van der Waals surface area contributed by atoms with Gasteiger partial charge in [0.2, 0.25) is 0 Å². The molecule has 1 unspecified atom stereocenters. The number of nitrogens with two attached hydrogens (primary N) is 1. The molecule has 0 aromatic carbocycles. The minimum atomic E-state index is 0.0272. The maximum absolute atomic E-state index is 5.97. The van der Waals surface area contributed by atoms with Gasteiger partial charge in [0.1, 0.15) is 5.82 Å². The summed E-state index contributed by atoms with van der Waals surface area (Å²) in [5.41, 5.74) is 6.65. The summed E-state index contributed by atoms with van der Waals surface area (Å²) in [6.07, 6.45) is 5.91. The number of nitrogens with zero attached hydrogens (tertiary/aromatic N) is 1. The van der Waals surface area contributed by atoms with Crippen LogP contribution < -0.4 is 11.1 Å². The number of aromatic nitrogens is 1. The molecule has 0 spiro atoms. The molecule has 0 radical (unpaired) electrons. The molecule has 2 heterocycles. The van der Waals surface area contributed by atoms with E-state index in [0.29, 0.717) is 11.7 Å². The van der Waals surface area contributed by atoms with Crippen LogP contribution in [0.5, 0.6) is 0 Å². The van der Waals surface area contributed by atoms with Gasteiger partial charge in [-0.1, -0.05) is 13.8 Å². The standard InChI is InChI=1S/C14H23N3O/c1-3-14(4-2)10-11(7-9-18-14)17-13-12(15)6-5-8-16-13/h5-6,8,11H,3-4,7,9-10,15H2,1-2H3,(H,16,17). The second-order valence-corrected chi connectivity index (χ2v) is 5.01. The van der Waals surface area contributed by atoms with Gasteiger partial charge in [0.25, 0.3) is 0 Å². The lowest BCUT2D eigenvalue weighted by Crippen LogP contribution is -2.43. The molecule has 4 heteroatoms. The van der Waals surface area contributed by atoms with E-state index in [-0.39, 0.29) is 5.60 Å². The largest absolute Gasteiger partial charge is 0.396 e. The second kappa shape index (κ2) is 5.57. The van der Waals surface area contributed by atoms with Crippen LogP contribution in [0, 0.1) is 0 Å². The summed E-state index contributed by atoms with van der Waals surface area (Å²) in [6.45, 7) is 5.20. The van der Waals surface area contributed by atoms with Gasteiger partial charge in [0, 0.05) is 18.8 Å². The van der Waals surface area contributed by atoms with Crippen LogP contribution in [0.3, 0.4) is 0 Å². The van der Waals surface area contributed by atoms with Crippen LogP contribution in [0.25, 0.3) is 0 Å². The van der Waals surface area contributed by atoms with Crippen LogP contribution in [0.4, 0.5) is 11.5 Å². The van der Waals surface area contributed by atoms with Gasteiger partial charge in [-0.3, -0.25) is 0 Å². The highest BCUT2D eigenvalue weighted by atomic mass is 16.5. The molecule has 0 aliphatic carbocycles. The summed E-state index contributed by atoms with van der Waals surface area (Å²) >= 11 is 0. The normalized spacial score (nSPS) is 22.7. The summed E-state index contributed by atoms with van der Waals surface area (Å²) in [6, 6.07) is 4.13. The molecule has 0 saturated carbocycles. The van der Waals surface area contributed by atoms with E-state index in [2.05, 4.69) is 24.1 Å². The summed E-state index contributed by atoms with van der Waals surface area (Å²) < 4.78 is 5.97. The number of nitrogen functional groups attached to an aromatic ring is 1. The molecular formula is C14H23N3O. The molecule has 18 heavy (non-hydrogen) atoms. The SMILES string of the molecule is CCC1(CC)CC(Nc2ncccc2N)CCO1. The zero-order valence-electron chi connectivity index (χ0n) is 11.3. The molecule has 100 valence electrons. The molecule has 2 rings (SSSR count). The molecule has 3 N–H and O–H groups in total. The second-order valence-electron chi connectivity index (χ2n) is 5.01. The Hall–Kier alpha value is -1.29. The zero-order valence-corrected chi connectivity index (χ0v) is 11.3. The molecule has 0 amide bonds. The van der Waals surface area contributed by atoms with Gasteiger partial charge >= 0.3 is 0 Å². The Bertz CT molecular complexity index is 390.